The Bertz CT molecular complexity index is 2070. The summed E-state index contributed by atoms with van der Waals surface area (Å²) in [5.74, 6) is -5.48. The van der Waals surface area contributed by atoms with Gasteiger partial charge in [0.15, 0.2) is 9.84 Å². The van der Waals surface area contributed by atoms with Gasteiger partial charge in [0.05, 0.1) is 40.5 Å². The third-order valence-electron chi connectivity index (χ3n) is 10.6. The van der Waals surface area contributed by atoms with Crippen LogP contribution in [-0.4, -0.2) is 103 Å². The number of amides is 4. The largest absolute Gasteiger partial charge is 0.384 e. The molecular formula is C36H44N8O8S. The molecule has 3 fully saturated rings. The van der Waals surface area contributed by atoms with E-state index >= 15 is 0 Å². The highest BCUT2D eigenvalue weighted by atomic mass is 32.2. The fraction of sp³-hybridized carbons (Fsp3) is 0.528. The minimum absolute atomic E-state index is 0.0403. The summed E-state index contributed by atoms with van der Waals surface area (Å²) in [5, 5.41) is 22.3. The van der Waals surface area contributed by atoms with Crippen LogP contribution >= 0.6 is 0 Å². The lowest BCUT2D eigenvalue weighted by molar-refractivity contribution is -0.143. The number of nitrogens with zero attached hydrogens (tertiary/aromatic N) is 6. The van der Waals surface area contributed by atoms with E-state index in [1.165, 1.54) is 22.0 Å². The monoisotopic (exact) mass is 748 g/mol. The normalized spacial score (nSPS) is 22.0. The molecule has 2 aliphatic heterocycles. The Morgan fingerprint density at radius 2 is 1.75 bits per heavy atom. The average Bonchev–Trinajstić information content (AvgIpc) is 3.81. The van der Waals surface area contributed by atoms with Gasteiger partial charge in [-0.15, -0.1) is 5.10 Å². The number of nitrogens with one attached hydrogen (secondary N) is 1. The van der Waals surface area contributed by atoms with Gasteiger partial charge in [0.2, 0.25) is 11.7 Å². The van der Waals surface area contributed by atoms with Crippen molar-refractivity contribution in [2.75, 3.05) is 18.1 Å². The van der Waals surface area contributed by atoms with Crippen molar-refractivity contribution in [3.63, 3.8) is 0 Å². The highest BCUT2D eigenvalue weighted by Gasteiger charge is 2.50. The molecule has 4 heterocycles. The molecule has 0 radical (unpaired) electrons. The number of likely N-dealkylation sites (tertiary alicyclic amines) is 1. The summed E-state index contributed by atoms with van der Waals surface area (Å²) in [6.45, 7) is 2.98. The molecule has 4 N–H and O–H groups in total. The predicted molar refractivity (Wildman–Crippen MR) is 192 cm³/mol. The Kier molecular flexibility index (Phi) is 10.6. The van der Waals surface area contributed by atoms with Crippen LogP contribution < -0.4 is 11.1 Å². The minimum Gasteiger partial charge on any atom is -0.384 e. The number of aromatic nitrogens is 4. The van der Waals surface area contributed by atoms with Crippen molar-refractivity contribution in [3.8, 4) is 0 Å². The number of aliphatic imine (C=N–C) groups is 1. The number of sulfone groups is 1. The number of carbonyl (C=O) groups is 5. The fourth-order valence-electron chi connectivity index (χ4n) is 7.65. The molecule has 2 atom stereocenters. The Morgan fingerprint density at radius 3 is 2.43 bits per heavy atom. The first kappa shape index (κ1) is 37.8. The lowest BCUT2D eigenvalue weighted by Crippen LogP contribution is -2.64. The maximum Gasteiger partial charge on any atom is 0.287 e. The van der Waals surface area contributed by atoms with Crippen molar-refractivity contribution in [3.05, 3.63) is 54.0 Å². The van der Waals surface area contributed by atoms with E-state index in [1.807, 2.05) is 24.3 Å². The topological polar surface area (TPSA) is 237 Å². The second kappa shape index (κ2) is 14.9. The highest BCUT2D eigenvalue weighted by Crippen LogP contribution is 2.34. The van der Waals surface area contributed by atoms with Crippen molar-refractivity contribution in [2.45, 2.75) is 94.9 Å². The van der Waals surface area contributed by atoms with Crippen LogP contribution in [0.4, 0.5) is 0 Å². The van der Waals surface area contributed by atoms with Crippen LogP contribution in [-0.2, 0) is 34.6 Å². The number of fused-ring (bicyclic) bond motifs is 1. The summed E-state index contributed by atoms with van der Waals surface area (Å²) >= 11 is 0. The second-order valence-electron chi connectivity index (χ2n) is 14.9. The van der Waals surface area contributed by atoms with Gasteiger partial charge >= 0.3 is 0 Å². The number of primary amides is 1. The number of pyridine rings is 1. The van der Waals surface area contributed by atoms with Crippen molar-refractivity contribution in [1.82, 2.24) is 30.2 Å². The van der Waals surface area contributed by atoms with Crippen molar-refractivity contribution < 1.29 is 37.5 Å². The van der Waals surface area contributed by atoms with Gasteiger partial charge in [0, 0.05) is 24.5 Å². The molecule has 53 heavy (non-hydrogen) atoms. The zero-order valence-electron chi connectivity index (χ0n) is 29.7. The number of hydrogen-bond donors (Lipinski definition) is 3. The summed E-state index contributed by atoms with van der Waals surface area (Å²) in [4.78, 5) is 78.2. The number of rotatable bonds is 10. The summed E-state index contributed by atoms with van der Waals surface area (Å²) in [5.41, 5.74) is 3.24. The maximum absolute atomic E-state index is 14.7. The molecule has 6 rings (SSSR count). The Labute approximate surface area is 306 Å². The van der Waals surface area contributed by atoms with E-state index in [4.69, 9.17) is 5.73 Å². The number of aliphatic hydroxyl groups is 1. The molecule has 1 aliphatic carbocycles. The molecule has 16 nitrogen and oxygen atoms in total. The molecule has 0 unspecified atom stereocenters. The molecule has 3 aromatic rings. The van der Waals surface area contributed by atoms with E-state index in [0.29, 0.717) is 11.2 Å². The van der Waals surface area contributed by atoms with E-state index in [2.05, 4.69) is 25.6 Å². The van der Waals surface area contributed by atoms with Crippen molar-refractivity contribution in [1.29, 1.82) is 0 Å². The molecule has 0 bridgehead atoms. The van der Waals surface area contributed by atoms with Crippen LogP contribution in [0.15, 0.2) is 47.7 Å². The Balaban J connectivity index is 1.38. The highest BCUT2D eigenvalue weighted by molar-refractivity contribution is 7.91. The number of carbonyl (C=O) groups excluding carboxylic acids is 5. The van der Waals surface area contributed by atoms with Crippen LogP contribution in [0.1, 0.15) is 93.7 Å². The van der Waals surface area contributed by atoms with Crippen molar-refractivity contribution in [2.24, 2.45) is 16.6 Å². The second-order valence-corrected chi connectivity index (χ2v) is 17.2. The number of para-hydroxylation sites is 1. The van der Waals surface area contributed by atoms with Crippen LogP contribution in [0, 0.1) is 5.92 Å². The summed E-state index contributed by atoms with van der Waals surface area (Å²) < 4.78 is 26.1. The zero-order valence-corrected chi connectivity index (χ0v) is 30.5. The van der Waals surface area contributed by atoms with E-state index in [-0.39, 0.29) is 49.4 Å². The van der Waals surface area contributed by atoms with Gasteiger partial charge in [0.25, 0.3) is 17.7 Å². The van der Waals surface area contributed by atoms with Gasteiger partial charge in [-0.3, -0.25) is 29.0 Å². The number of hydrogen-bond acceptors (Lipinski definition) is 11. The third-order valence-corrected chi connectivity index (χ3v) is 12.3. The smallest absolute Gasteiger partial charge is 0.287 e. The lowest BCUT2D eigenvalue weighted by atomic mass is 9.85. The predicted octanol–water partition coefficient (Wildman–Crippen LogP) is 1.57. The summed E-state index contributed by atoms with van der Waals surface area (Å²) in [6.07, 6.45) is 6.82. The summed E-state index contributed by atoms with van der Waals surface area (Å²) in [6, 6.07) is 6.96. The van der Waals surface area contributed by atoms with E-state index in [1.54, 1.807) is 19.9 Å². The average molecular weight is 749 g/mol. The van der Waals surface area contributed by atoms with Gasteiger partial charge in [-0.25, -0.2) is 18.1 Å². The molecule has 2 aromatic heterocycles. The fourth-order valence-corrected chi connectivity index (χ4v) is 9.18. The van der Waals surface area contributed by atoms with Crippen LogP contribution in [0.3, 0.4) is 0 Å². The van der Waals surface area contributed by atoms with Gasteiger partial charge in [-0.05, 0) is 51.2 Å². The molecular weight excluding hydrogens is 705 g/mol. The first-order valence-corrected chi connectivity index (χ1v) is 19.7. The quantitative estimate of drug-likeness (QED) is 0.199. The van der Waals surface area contributed by atoms with Gasteiger partial charge in [-0.1, -0.05) is 55.5 Å². The number of nitrogens with two attached hydrogens (primary N) is 1. The zero-order chi connectivity index (χ0) is 38.1. The molecule has 4 amide bonds. The molecule has 2 saturated heterocycles. The van der Waals surface area contributed by atoms with Gasteiger partial charge in [-0.2, -0.15) is 0 Å². The first-order valence-electron chi connectivity index (χ1n) is 17.8. The number of benzene rings is 1. The molecule has 3 aliphatic rings. The van der Waals surface area contributed by atoms with Gasteiger partial charge in [0.1, 0.15) is 22.9 Å². The Hall–Kier alpha value is -4.90. The van der Waals surface area contributed by atoms with E-state index in [0.717, 1.165) is 37.5 Å². The summed E-state index contributed by atoms with van der Waals surface area (Å²) in [7, 11) is -3.54. The Morgan fingerprint density at radius 1 is 1.06 bits per heavy atom. The van der Waals surface area contributed by atoms with E-state index < -0.39 is 74.0 Å². The first-order chi connectivity index (χ1) is 25.1. The molecule has 0 spiro atoms. The third kappa shape index (κ3) is 8.20. The molecule has 1 aromatic carbocycles. The number of ketones is 1. The van der Waals surface area contributed by atoms with E-state index in [9.17, 15) is 37.5 Å². The minimum atomic E-state index is -3.54. The van der Waals surface area contributed by atoms with Crippen LogP contribution in [0.5, 0.6) is 0 Å². The lowest BCUT2D eigenvalue weighted by Gasteiger charge is -2.37. The SMILES string of the molecule is CC(C)(O)c1cnnn1[C@H]1C[C@@H](C(=O)NC2(C(=O)C(N)=O)CCS(=O)(=O)CC2)N(C(=O)C(CC2CCCCC2)=NC(=O)c2cnc3ccccc3c2)C1. The molecule has 17 heteroatoms. The molecule has 1 saturated carbocycles. The molecule has 282 valence electrons. The maximum atomic E-state index is 14.7. The number of Topliss-reactive ketones (excluding diaryl/α,β-unsaturated/α-hetero) is 1. The van der Waals surface area contributed by atoms with Crippen molar-refractivity contribution >= 4 is 55.9 Å². The van der Waals surface area contributed by atoms with Crippen LogP contribution in [0.2, 0.25) is 0 Å². The van der Waals surface area contributed by atoms with Gasteiger partial charge < -0.3 is 21.1 Å². The van der Waals surface area contributed by atoms with Crippen LogP contribution in [0.25, 0.3) is 10.9 Å². The standard InChI is InChI=1S/C36H44N8O8S/c1-35(2,50)29-20-39-42-44(29)25-18-28(33(48)41-36(30(45)31(37)46)12-14-53(51,52)15-13-36)43(21-25)34(49)27(16-22-8-4-3-5-9-22)40-32(47)24-17-23-10-6-7-11-26(23)38-19-24/h6-7,10-11,17,19-20,22,25,28,50H,3-5,8-9,12-16,18,21H2,1-2H3,(H2,37,46)(H,41,48)/t25-,28-/m0/s1.